The number of halogens is 2. The van der Waals surface area contributed by atoms with Crippen molar-refractivity contribution in [1.29, 1.82) is 0 Å². The van der Waals surface area contributed by atoms with Crippen molar-refractivity contribution in [1.82, 2.24) is 0 Å². The summed E-state index contributed by atoms with van der Waals surface area (Å²) in [5, 5.41) is 0.843. The monoisotopic (exact) mass is 322 g/mol. The van der Waals surface area contributed by atoms with E-state index in [2.05, 4.69) is 53.2 Å². The highest BCUT2D eigenvalue weighted by Crippen LogP contribution is 2.32. The maximum atomic E-state index is 6.14. The molecular formula is C16H16BrCl. The summed E-state index contributed by atoms with van der Waals surface area (Å²) in [5.74, 6) is 0. The molecule has 2 aromatic rings. The number of benzene rings is 2. The first-order chi connectivity index (χ1) is 8.58. The minimum absolute atomic E-state index is 0.330. The summed E-state index contributed by atoms with van der Waals surface area (Å²) in [5.41, 5.74) is 5.03. The third kappa shape index (κ3) is 3.15. The van der Waals surface area contributed by atoms with Gasteiger partial charge in [0.15, 0.2) is 0 Å². The van der Waals surface area contributed by atoms with Crippen molar-refractivity contribution in [2.75, 3.05) is 0 Å². The molecule has 2 aromatic carbocycles. The van der Waals surface area contributed by atoms with Gasteiger partial charge in [0.05, 0.1) is 0 Å². The minimum Gasteiger partial charge on any atom is -0.0840 e. The van der Waals surface area contributed by atoms with E-state index in [0.29, 0.717) is 4.83 Å². The number of hydrogen-bond acceptors (Lipinski definition) is 0. The fourth-order valence-electron chi connectivity index (χ4n) is 2.07. The van der Waals surface area contributed by atoms with Crippen LogP contribution in [0.5, 0.6) is 0 Å². The molecule has 0 aromatic heterocycles. The fourth-order valence-corrected chi connectivity index (χ4v) is 3.16. The molecule has 0 spiro atoms. The predicted octanol–water partition coefficient (Wildman–Crippen LogP) is 5.64. The Morgan fingerprint density at radius 3 is 2.39 bits per heavy atom. The zero-order chi connectivity index (χ0) is 13.1. The minimum atomic E-state index is 0.330. The van der Waals surface area contributed by atoms with Gasteiger partial charge in [0.25, 0.3) is 0 Å². The molecule has 94 valence electrons. The number of hydrogen-bond donors (Lipinski definition) is 0. The van der Waals surface area contributed by atoms with E-state index in [0.717, 1.165) is 17.0 Å². The third-order valence-electron chi connectivity index (χ3n) is 3.14. The number of rotatable bonds is 3. The molecule has 1 atom stereocenters. The highest BCUT2D eigenvalue weighted by molar-refractivity contribution is 9.09. The summed E-state index contributed by atoms with van der Waals surface area (Å²) < 4.78 is 0. The maximum Gasteiger partial charge on any atom is 0.0438 e. The zero-order valence-corrected chi connectivity index (χ0v) is 12.9. The van der Waals surface area contributed by atoms with Crippen molar-refractivity contribution in [2.45, 2.75) is 25.1 Å². The van der Waals surface area contributed by atoms with Crippen LogP contribution in [0, 0.1) is 13.8 Å². The molecule has 0 aliphatic rings. The zero-order valence-electron chi connectivity index (χ0n) is 10.6. The van der Waals surface area contributed by atoms with Crippen LogP contribution in [0.15, 0.2) is 42.5 Å². The van der Waals surface area contributed by atoms with Crippen molar-refractivity contribution in [3.8, 4) is 0 Å². The van der Waals surface area contributed by atoms with Gasteiger partial charge in [-0.3, -0.25) is 0 Å². The summed E-state index contributed by atoms with van der Waals surface area (Å²) in [6, 6.07) is 14.7. The Kier molecular flexibility index (Phi) is 4.47. The molecule has 0 aliphatic carbocycles. The van der Waals surface area contributed by atoms with E-state index in [4.69, 9.17) is 11.6 Å². The van der Waals surface area contributed by atoms with Gasteiger partial charge in [-0.1, -0.05) is 63.9 Å². The SMILES string of the molecule is Cc1cc(C(Br)Cc2ccccc2)c(C)cc1Cl. The van der Waals surface area contributed by atoms with Crippen LogP contribution in [0.4, 0.5) is 0 Å². The summed E-state index contributed by atoms with van der Waals surface area (Å²) in [7, 11) is 0. The Bertz CT molecular complexity index is 534. The summed E-state index contributed by atoms with van der Waals surface area (Å²) in [6.07, 6.45) is 0.989. The van der Waals surface area contributed by atoms with Gasteiger partial charge in [-0.25, -0.2) is 0 Å². The molecule has 18 heavy (non-hydrogen) atoms. The second kappa shape index (κ2) is 5.90. The van der Waals surface area contributed by atoms with Crippen LogP contribution in [0.3, 0.4) is 0 Å². The maximum absolute atomic E-state index is 6.14. The quantitative estimate of drug-likeness (QED) is 0.642. The van der Waals surface area contributed by atoms with E-state index in [1.165, 1.54) is 16.7 Å². The Hall–Kier alpha value is -0.790. The Labute approximate surface area is 122 Å². The molecule has 1 unspecified atom stereocenters. The highest BCUT2D eigenvalue weighted by Gasteiger charge is 2.12. The second-order valence-corrected chi connectivity index (χ2v) is 6.13. The van der Waals surface area contributed by atoms with Gasteiger partial charge in [0.1, 0.15) is 0 Å². The molecule has 0 heterocycles. The molecule has 0 amide bonds. The largest absolute Gasteiger partial charge is 0.0840 e. The van der Waals surface area contributed by atoms with Crippen LogP contribution in [-0.2, 0) is 6.42 Å². The van der Waals surface area contributed by atoms with Crippen LogP contribution < -0.4 is 0 Å². The summed E-state index contributed by atoms with van der Waals surface area (Å²) in [6.45, 7) is 4.16. The standard InChI is InChI=1S/C16H16BrCl/c1-11-9-16(18)12(2)8-14(11)15(17)10-13-6-4-3-5-7-13/h3-9,15H,10H2,1-2H3. The van der Waals surface area contributed by atoms with Crippen LogP contribution in [-0.4, -0.2) is 0 Å². The highest BCUT2D eigenvalue weighted by atomic mass is 79.9. The molecule has 0 saturated heterocycles. The Balaban J connectivity index is 2.24. The van der Waals surface area contributed by atoms with E-state index in [-0.39, 0.29) is 0 Å². The molecule has 2 heteroatoms. The van der Waals surface area contributed by atoms with Gasteiger partial charge in [0.2, 0.25) is 0 Å². The first-order valence-electron chi connectivity index (χ1n) is 6.02. The summed E-state index contributed by atoms with van der Waals surface area (Å²) >= 11 is 9.92. The van der Waals surface area contributed by atoms with E-state index in [1.807, 2.05) is 19.1 Å². The molecule has 0 fully saturated rings. The van der Waals surface area contributed by atoms with Crippen LogP contribution in [0.2, 0.25) is 5.02 Å². The molecule has 2 rings (SSSR count). The van der Waals surface area contributed by atoms with Crippen molar-refractivity contribution >= 4 is 27.5 Å². The lowest BCUT2D eigenvalue weighted by Crippen LogP contribution is -1.99. The van der Waals surface area contributed by atoms with Gasteiger partial charge in [-0.2, -0.15) is 0 Å². The van der Waals surface area contributed by atoms with Gasteiger partial charge in [-0.05, 0) is 48.6 Å². The molecule has 0 radical (unpaired) electrons. The Morgan fingerprint density at radius 1 is 1.06 bits per heavy atom. The van der Waals surface area contributed by atoms with E-state index >= 15 is 0 Å². The van der Waals surface area contributed by atoms with Gasteiger partial charge < -0.3 is 0 Å². The smallest absolute Gasteiger partial charge is 0.0438 e. The first-order valence-corrected chi connectivity index (χ1v) is 7.32. The number of aryl methyl sites for hydroxylation is 2. The lowest BCUT2D eigenvalue weighted by molar-refractivity contribution is 0.936. The molecule has 0 bridgehead atoms. The number of alkyl halides is 1. The van der Waals surface area contributed by atoms with E-state index in [1.54, 1.807) is 0 Å². The first kappa shape index (κ1) is 13.6. The van der Waals surface area contributed by atoms with Crippen molar-refractivity contribution < 1.29 is 0 Å². The topological polar surface area (TPSA) is 0 Å². The van der Waals surface area contributed by atoms with Crippen molar-refractivity contribution in [3.05, 3.63) is 69.7 Å². The van der Waals surface area contributed by atoms with Crippen molar-refractivity contribution in [2.24, 2.45) is 0 Å². The average molecular weight is 324 g/mol. The van der Waals surface area contributed by atoms with Crippen LogP contribution in [0.1, 0.15) is 27.1 Å². The third-order valence-corrected chi connectivity index (χ3v) is 4.37. The lowest BCUT2D eigenvalue weighted by atomic mass is 9.98. The lowest BCUT2D eigenvalue weighted by Gasteiger charge is -2.15. The second-order valence-electron chi connectivity index (χ2n) is 4.62. The molecular weight excluding hydrogens is 308 g/mol. The molecule has 0 aliphatic heterocycles. The fraction of sp³-hybridized carbons (Fsp3) is 0.250. The van der Waals surface area contributed by atoms with Gasteiger partial charge in [-0.15, -0.1) is 0 Å². The van der Waals surface area contributed by atoms with E-state index < -0.39 is 0 Å². The van der Waals surface area contributed by atoms with Crippen molar-refractivity contribution in [3.63, 3.8) is 0 Å². The summed E-state index contributed by atoms with van der Waals surface area (Å²) in [4.78, 5) is 0.330. The average Bonchev–Trinajstić information content (AvgIpc) is 2.35. The van der Waals surface area contributed by atoms with E-state index in [9.17, 15) is 0 Å². The van der Waals surface area contributed by atoms with Gasteiger partial charge >= 0.3 is 0 Å². The van der Waals surface area contributed by atoms with Crippen LogP contribution >= 0.6 is 27.5 Å². The molecule has 0 nitrogen and oxygen atoms in total. The van der Waals surface area contributed by atoms with Crippen LogP contribution in [0.25, 0.3) is 0 Å². The predicted molar refractivity (Wildman–Crippen MR) is 82.7 cm³/mol. The molecule has 0 N–H and O–H groups in total. The van der Waals surface area contributed by atoms with Gasteiger partial charge in [0, 0.05) is 9.85 Å². The molecule has 0 saturated carbocycles. The Morgan fingerprint density at radius 2 is 1.72 bits per heavy atom. The normalized spacial score (nSPS) is 12.4.